The SMILES string of the molecule is COC(=O)C(Cc1c[nH]c2ccccc12)NC(=O)CON=C1C=CC2(C)C(=C1)CCC1C2CCC2(C)C1CC[C@]2(C)O. The van der Waals surface area contributed by atoms with E-state index in [-0.39, 0.29) is 17.4 Å². The molecular weight excluding hydrogens is 530 g/mol. The molecule has 3 fully saturated rings. The molecule has 224 valence electrons. The van der Waals surface area contributed by atoms with E-state index in [2.05, 4.69) is 41.5 Å². The Balaban J connectivity index is 1.08. The Bertz CT molecular complexity index is 1470. The Morgan fingerprint density at radius 1 is 1.14 bits per heavy atom. The molecule has 0 saturated heterocycles. The van der Waals surface area contributed by atoms with Crippen LogP contribution in [0.25, 0.3) is 10.9 Å². The molecule has 0 spiro atoms. The smallest absolute Gasteiger partial charge is 0.328 e. The molecule has 0 aliphatic heterocycles. The number of esters is 1. The predicted molar refractivity (Wildman–Crippen MR) is 162 cm³/mol. The highest BCUT2D eigenvalue weighted by molar-refractivity contribution is 6.05. The van der Waals surface area contributed by atoms with Crippen LogP contribution in [-0.2, 0) is 25.6 Å². The van der Waals surface area contributed by atoms with Gasteiger partial charge in [0.1, 0.15) is 11.8 Å². The highest BCUT2D eigenvalue weighted by Crippen LogP contribution is 2.66. The standard InChI is InChI=1S/C34H43N3O5/c1-32-14-11-23(18-22(32)9-10-25-26(32)12-15-33(2)27(25)13-16-34(33,3)40)37-42-20-30(38)36-29(31(39)41-4)17-21-19-35-28-8-6-5-7-24(21)28/h5-8,11,14,18-19,25-27,29,35,40H,9-10,12-13,15-17,20H2,1-4H3,(H,36,38)/t25?,26?,27?,29?,32?,33?,34-/m0/s1. The zero-order valence-electron chi connectivity index (χ0n) is 25.1. The van der Waals surface area contributed by atoms with Gasteiger partial charge in [0.2, 0.25) is 0 Å². The number of ether oxygens (including phenoxy) is 1. The molecule has 1 heterocycles. The number of aliphatic hydroxyl groups is 1. The number of nitrogens with zero attached hydrogens (tertiary/aromatic N) is 1. The van der Waals surface area contributed by atoms with Gasteiger partial charge in [-0.15, -0.1) is 0 Å². The number of carbonyl (C=O) groups excluding carboxylic acids is 2. The van der Waals surface area contributed by atoms with Gasteiger partial charge in [-0.25, -0.2) is 4.79 Å². The van der Waals surface area contributed by atoms with Gasteiger partial charge in [-0.1, -0.05) is 48.9 Å². The van der Waals surface area contributed by atoms with Crippen LogP contribution in [0.1, 0.15) is 64.9 Å². The number of aromatic nitrogens is 1. The molecule has 6 unspecified atom stereocenters. The van der Waals surface area contributed by atoms with Crippen molar-refractivity contribution in [2.45, 2.75) is 77.4 Å². The first-order valence-corrected chi connectivity index (χ1v) is 15.3. The van der Waals surface area contributed by atoms with Gasteiger partial charge in [0, 0.05) is 28.9 Å². The molecule has 0 radical (unpaired) electrons. The van der Waals surface area contributed by atoms with Crippen LogP contribution in [0.15, 0.2) is 59.4 Å². The van der Waals surface area contributed by atoms with Gasteiger partial charge in [0.15, 0.2) is 6.61 Å². The van der Waals surface area contributed by atoms with Crippen molar-refractivity contribution >= 4 is 28.5 Å². The number of H-pyrrole nitrogens is 1. The van der Waals surface area contributed by atoms with Crippen LogP contribution in [0.5, 0.6) is 0 Å². The molecule has 3 saturated carbocycles. The quantitative estimate of drug-likeness (QED) is 0.310. The maximum atomic E-state index is 12.7. The highest BCUT2D eigenvalue weighted by atomic mass is 16.6. The van der Waals surface area contributed by atoms with Gasteiger partial charge in [0.05, 0.1) is 12.7 Å². The number of fused-ring (bicyclic) bond motifs is 6. The van der Waals surface area contributed by atoms with Crippen molar-refractivity contribution in [1.82, 2.24) is 10.3 Å². The number of carbonyl (C=O) groups is 2. The van der Waals surface area contributed by atoms with Gasteiger partial charge in [-0.05, 0) is 92.4 Å². The average Bonchev–Trinajstić information content (AvgIpc) is 3.49. The van der Waals surface area contributed by atoms with Crippen molar-refractivity contribution in [3.63, 3.8) is 0 Å². The van der Waals surface area contributed by atoms with E-state index < -0.39 is 23.5 Å². The Kier molecular flexibility index (Phi) is 7.32. The van der Waals surface area contributed by atoms with Crippen molar-refractivity contribution in [2.24, 2.45) is 33.7 Å². The van der Waals surface area contributed by atoms with Crippen molar-refractivity contribution in [3.8, 4) is 0 Å². The molecular formula is C34H43N3O5. The van der Waals surface area contributed by atoms with Crippen LogP contribution in [0.3, 0.4) is 0 Å². The van der Waals surface area contributed by atoms with Gasteiger partial charge in [-0.2, -0.15) is 0 Å². The van der Waals surface area contributed by atoms with Crippen LogP contribution < -0.4 is 5.32 Å². The van der Waals surface area contributed by atoms with Gasteiger partial charge in [0.25, 0.3) is 5.91 Å². The summed E-state index contributed by atoms with van der Waals surface area (Å²) in [6, 6.07) is 6.98. The first kappa shape index (κ1) is 28.7. The van der Waals surface area contributed by atoms with Gasteiger partial charge in [-0.3, -0.25) is 4.79 Å². The third-order valence-electron chi connectivity index (χ3n) is 11.4. The number of para-hydroxylation sites is 1. The van der Waals surface area contributed by atoms with E-state index in [9.17, 15) is 14.7 Å². The largest absolute Gasteiger partial charge is 0.467 e. The van der Waals surface area contributed by atoms with Crippen LogP contribution >= 0.6 is 0 Å². The van der Waals surface area contributed by atoms with E-state index in [4.69, 9.17) is 9.57 Å². The lowest BCUT2D eigenvalue weighted by molar-refractivity contribution is -0.145. The summed E-state index contributed by atoms with van der Waals surface area (Å²) in [5, 5.41) is 19.2. The lowest BCUT2D eigenvalue weighted by Crippen LogP contribution is -2.53. The summed E-state index contributed by atoms with van der Waals surface area (Å²) in [6.45, 7) is 6.42. The summed E-state index contributed by atoms with van der Waals surface area (Å²) in [6.07, 6.45) is 14.9. The maximum Gasteiger partial charge on any atom is 0.328 e. The van der Waals surface area contributed by atoms with E-state index in [1.807, 2.05) is 43.5 Å². The molecule has 1 aromatic heterocycles. The number of amides is 1. The zero-order chi connectivity index (χ0) is 29.7. The van der Waals surface area contributed by atoms with Gasteiger partial charge >= 0.3 is 5.97 Å². The third-order valence-corrected chi connectivity index (χ3v) is 11.4. The monoisotopic (exact) mass is 573 g/mol. The molecule has 2 aromatic rings. The fourth-order valence-corrected chi connectivity index (χ4v) is 8.77. The molecule has 4 aliphatic carbocycles. The minimum absolute atomic E-state index is 0.00739. The minimum atomic E-state index is -0.841. The molecule has 1 aromatic carbocycles. The molecule has 3 N–H and O–H groups in total. The minimum Gasteiger partial charge on any atom is -0.467 e. The molecule has 42 heavy (non-hydrogen) atoms. The molecule has 1 amide bonds. The second-order valence-electron chi connectivity index (χ2n) is 13.5. The first-order valence-electron chi connectivity index (χ1n) is 15.3. The van der Waals surface area contributed by atoms with E-state index in [1.165, 1.54) is 12.7 Å². The summed E-state index contributed by atoms with van der Waals surface area (Å²) < 4.78 is 4.95. The Hall–Kier alpha value is -3.39. The summed E-state index contributed by atoms with van der Waals surface area (Å²) >= 11 is 0. The van der Waals surface area contributed by atoms with E-state index in [0.717, 1.165) is 55.0 Å². The maximum absolute atomic E-state index is 12.7. The van der Waals surface area contributed by atoms with E-state index in [0.29, 0.717) is 29.9 Å². The summed E-state index contributed by atoms with van der Waals surface area (Å²) in [5.74, 6) is 0.792. The zero-order valence-corrected chi connectivity index (χ0v) is 25.1. The van der Waals surface area contributed by atoms with Crippen LogP contribution in [0.2, 0.25) is 0 Å². The second kappa shape index (κ2) is 10.7. The Labute approximate surface area is 247 Å². The molecule has 4 aliphatic rings. The molecule has 7 atom stereocenters. The highest BCUT2D eigenvalue weighted by Gasteiger charge is 2.62. The van der Waals surface area contributed by atoms with Crippen LogP contribution in [0.4, 0.5) is 0 Å². The van der Waals surface area contributed by atoms with E-state index in [1.54, 1.807) is 0 Å². The fraction of sp³-hybridized carbons (Fsp3) is 0.559. The van der Waals surface area contributed by atoms with Crippen molar-refractivity contribution < 1.29 is 24.3 Å². The summed E-state index contributed by atoms with van der Waals surface area (Å²) in [4.78, 5) is 33.9. The van der Waals surface area contributed by atoms with Crippen LogP contribution in [0, 0.1) is 28.6 Å². The summed E-state index contributed by atoms with van der Waals surface area (Å²) in [7, 11) is 1.31. The number of aromatic amines is 1. The Morgan fingerprint density at radius 3 is 2.74 bits per heavy atom. The third kappa shape index (κ3) is 4.77. The lowest BCUT2D eigenvalue weighted by Gasteiger charge is -2.58. The average molecular weight is 574 g/mol. The number of nitrogens with one attached hydrogen (secondary N) is 2. The number of allylic oxidation sites excluding steroid dienone is 4. The normalized spacial score (nSPS) is 35.1. The predicted octanol–water partition coefficient (Wildman–Crippen LogP) is 5.23. The number of hydrogen-bond donors (Lipinski definition) is 3. The molecule has 8 heteroatoms. The van der Waals surface area contributed by atoms with E-state index >= 15 is 0 Å². The van der Waals surface area contributed by atoms with Gasteiger partial charge < -0.3 is 25.0 Å². The second-order valence-corrected chi connectivity index (χ2v) is 13.5. The Morgan fingerprint density at radius 2 is 1.93 bits per heavy atom. The van der Waals surface area contributed by atoms with Crippen LogP contribution in [-0.4, -0.2) is 53.0 Å². The first-order chi connectivity index (χ1) is 20.1. The number of benzene rings is 1. The number of oxime groups is 1. The topological polar surface area (TPSA) is 113 Å². The fourth-order valence-electron chi connectivity index (χ4n) is 8.77. The number of hydrogen-bond acceptors (Lipinski definition) is 6. The van der Waals surface area contributed by atoms with Crippen molar-refractivity contribution in [2.75, 3.05) is 13.7 Å². The molecule has 0 bridgehead atoms. The van der Waals surface area contributed by atoms with Crippen molar-refractivity contribution in [1.29, 1.82) is 0 Å². The molecule has 8 nitrogen and oxygen atoms in total. The molecule has 6 rings (SSSR count). The van der Waals surface area contributed by atoms with Crippen molar-refractivity contribution in [3.05, 3.63) is 59.8 Å². The number of methoxy groups -OCH3 is 1. The number of rotatable bonds is 7. The lowest BCUT2D eigenvalue weighted by atomic mass is 9.47. The summed E-state index contributed by atoms with van der Waals surface area (Å²) in [5.41, 5.74) is 3.37.